The van der Waals surface area contributed by atoms with Gasteiger partial charge in [-0.15, -0.1) is 0 Å². The van der Waals surface area contributed by atoms with Crippen molar-refractivity contribution < 1.29 is 4.79 Å². The van der Waals surface area contributed by atoms with Gasteiger partial charge in [0.2, 0.25) is 0 Å². The van der Waals surface area contributed by atoms with E-state index in [4.69, 9.17) is 28.9 Å². The molecule has 104 valence electrons. The summed E-state index contributed by atoms with van der Waals surface area (Å²) in [5.41, 5.74) is 7.71. The first-order valence-electron chi connectivity index (χ1n) is 5.77. The lowest BCUT2D eigenvalue weighted by atomic mass is 10.2. The van der Waals surface area contributed by atoms with Crippen LogP contribution in [0.5, 0.6) is 0 Å². The Hall–Kier alpha value is -1.85. The first kappa shape index (κ1) is 14.6. The standard InChI is InChI=1S/C13H12Cl2N4O/c1-7-4-18-9(5-17-7)6-19-13(20)10-2-8(16)3-11(14)12(10)15/h2-5H,6,16H2,1H3,(H,19,20). The van der Waals surface area contributed by atoms with E-state index in [0.29, 0.717) is 11.4 Å². The highest BCUT2D eigenvalue weighted by Crippen LogP contribution is 2.28. The lowest BCUT2D eigenvalue weighted by Gasteiger charge is -2.08. The van der Waals surface area contributed by atoms with Gasteiger partial charge in [-0.05, 0) is 19.1 Å². The van der Waals surface area contributed by atoms with Gasteiger partial charge in [-0.2, -0.15) is 0 Å². The van der Waals surface area contributed by atoms with Crippen LogP contribution in [0, 0.1) is 6.92 Å². The van der Waals surface area contributed by atoms with E-state index in [1.54, 1.807) is 12.4 Å². The number of hydrogen-bond donors (Lipinski definition) is 2. The molecule has 1 aromatic heterocycles. The Kier molecular flexibility index (Phi) is 4.42. The van der Waals surface area contributed by atoms with Crippen LogP contribution in [-0.4, -0.2) is 15.9 Å². The zero-order chi connectivity index (χ0) is 14.7. The molecule has 0 unspecified atom stereocenters. The van der Waals surface area contributed by atoms with E-state index in [1.807, 2.05) is 6.92 Å². The van der Waals surface area contributed by atoms with Crippen LogP contribution in [0.15, 0.2) is 24.5 Å². The van der Waals surface area contributed by atoms with Gasteiger partial charge in [-0.1, -0.05) is 23.2 Å². The van der Waals surface area contributed by atoms with Crippen molar-refractivity contribution in [2.75, 3.05) is 5.73 Å². The molecule has 3 N–H and O–H groups in total. The van der Waals surface area contributed by atoms with Crippen molar-refractivity contribution in [1.29, 1.82) is 0 Å². The van der Waals surface area contributed by atoms with Gasteiger partial charge in [0.25, 0.3) is 5.91 Å². The van der Waals surface area contributed by atoms with E-state index in [-0.39, 0.29) is 28.1 Å². The van der Waals surface area contributed by atoms with Crippen LogP contribution in [0.2, 0.25) is 10.0 Å². The van der Waals surface area contributed by atoms with Gasteiger partial charge < -0.3 is 11.1 Å². The minimum atomic E-state index is -0.369. The van der Waals surface area contributed by atoms with Gasteiger partial charge in [0, 0.05) is 11.9 Å². The smallest absolute Gasteiger partial charge is 0.253 e. The quantitative estimate of drug-likeness (QED) is 0.854. The fourth-order valence-electron chi connectivity index (χ4n) is 1.55. The molecule has 1 amide bonds. The molecule has 0 saturated carbocycles. The van der Waals surface area contributed by atoms with Crippen LogP contribution < -0.4 is 11.1 Å². The largest absolute Gasteiger partial charge is 0.399 e. The maximum atomic E-state index is 12.1. The van der Waals surface area contributed by atoms with E-state index in [1.165, 1.54) is 12.1 Å². The molecular formula is C13H12Cl2N4O. The Morgan fingerprint density at radius 2 is 2.05 bits per heavy atom. The van der Waals surface area contributed by atoms with Gasteiger partial charge in [0.1, 0.15) is 0 Å². The summed E-state index contributed by atoms with van der Waals surface area (Å²) in [5, 5.41) is 3.11. The maximum absolute atomic E-state index is 12.1. The van der Waals surface area contributed by atoms with Crippen LogP contribution >= 0.6 is 23.2 Å². The van der Waals surface area contributed by atoms with Gasteiger partial charge in [-0.25, -0.2) is 0 Å². The monoisotopic (exact) mass is 310 g/mol. The number of anilines is 1. The molecule has 0 aliphatic heterocycles. The van der Waals surface area contributed by atoms with E-state index in [2.05, 4.69) is 15.3 Å². The van der Waals surface area contributed by atoms with Crippen molar-refractivity contribution >= 4 is 34.8 Å². The number of aryl methyl sites for hydroxylation is 1. The molecule has 7 heteroatoms. The topological polar surface area (TPSA) is 80.9 Å². The van der Waals surface area contributed by atoms with Crippen molar-refractivity contribution in [3.05, 3.63) is 51.5 Å². The molecule has 0 bridgehead atoms. The minimum absolute atomic E-state index is 0.174. The predicted octanol–water partition coefficient (Wildman–Crippen LogP) is 2.60. The second-order valence-electron chi connectivity index (χ2n) is 4.20. The normalized spacial score (nSPS) is 10.3. The number of amides is 1. The van der Waals surface area contributed by atoms with Gasteiger partial charge in [0.05, 0.1) is 39.7 Å². The highest BCUT2D eigenvalue weighted by atomic mass is 35.5. The number of carbonyl (C=O) groups is 1. The summed E-state index contributed by atoms with van der Waals surface area (Å²) in [6.45, 7) is 2.08. The molecule has 20 heavy (non-hydrogen) atoms. The zero-order valence-electron chi connectivity index (χ0n) is 10.7. The zero-order valence-corrected chi connectivity index (χ0v) is 12.2. The van der Waals surface area contributed by atoms with Crippen molar-refractivity contribution in [3.8, 4) is 0 Å². The molecule has 0 atom stereocenters. The number of carbonyl (C=O) groups excluding carboxylic acids is 1. The predicted molar refractivity (Wildman–Crippen MR) is 78.8 cm³/mol. The lowest BCUT2D eigenvalue weighted by molar-refractivity contribution is 0.0950. The van der Waals surface area contributed by atoms with Gasteiger partial charge in [-0.3, -0.25) is 14.8 Å². The molecular weight excluding hydrogens is 299 g/mol. The van der Waals surface area contributed by atoms with Crippen LogP contribution in [0.3, 0.4) is 0 Å². The Balaban J connectivity index is 2.11. The Morgan fingerprint density at radius 1 is 1.30 bits per heavy atom. The summed E-state index contributed by atoms with van der Waals surface area (Å²) in [6.07, 6.45) is 3.23. The Bertz CT molecular complexity index is 644. The number of aromatic nitrogens is 2. The number of rotatable bonds is 3. The summed E-state index contributed by atoms with van der Waals surface area (Å²) in [4.78, 5) is 20.3. The van der Waals surface area contributed by atoms with Crippen LogP contribution in [-0.2, 0) is 6.54 Å². The summed E-state index contributed by atoms with van der Waals surface area (Å²) < 4.78 is 0. The van der Waals surface area contributed by atoms with E-state index < -0.39 is 0 Å². The van der Waals surface area contributed by atoms with E-state index >= 15 is 0 Å². The molecule has 2 aromatic rings. The average molecular weight is 311 g/mol. The van der Waals surface area contributed by atoms with Crippen molar-refractivity contribution in [2.24, 2.45) is 0 Å². The number of nitrogens with two attached hydrogens (primary N) is 1. The van der Waals surface area contributed by atoms with E-state index in [0.717, 1.165) is 5.69 Å². The molecule has 0 saturated heterocycles. The fourth-order valence-corrected chi connectivity index (χ4v) is 1.97. The van der Waals surface area contributed by atoms with Crippen molar-refractivity contribution in [2.45, 2.75) is 13.5 Å². The molecule has 1 aromatic carbocycles. The third kappa shape index (κ3) is 3.37. The van der Waals surface area contributed by atoms with Gasteiger partial charge >= 0.3 is 0 Å². The Morgan fingerprint density at radius 3 is 2.70 bits per heavy atom. The molecule has 0 spiro atoms. The SMILES string of the molecule is Cc1cnc(CNC(=O)c2cc(N)cc(Cl)c2Cl)cn1. The summed E-state index contributed by atoms with van der Waals surface area (Å²) >= 11 is 11.9. The van der Waals surface area contributed by atoms with Gasteiger partial charge in [0.15, 0.2) is 0 Å². The summed E-state index contributed by atoms with van der Waals surface area (Å²) in [5.74, 6) is -0.369. The maximum Gasteiger partial charge on any atom is 0.253 e. The number of halogens is 2. The fraction of sp³-hybridized carbons (Fsp3) is 0.154. The molecule has 0 fully saturated rings. The number of nitrogens with zero attached hydrogens (tertiary/aromatic N) is 2. The third-order valence-corrected chi connectivity index (χ3v) is 3.36. The third-order valence-electron chi connectivity index (χ3n) is 2.56. The molecule has 2 rings (SSSR count). The minimum Gasteiger partial charge on any atom is -0.399 e. The molecule has 0 radical (unpaired) electrons. The molecule has 1 heterocycles. The number of nitrogens with one attached hydrogen (secondary N) is 1. The first-order chi connectivity index (χ1) is 9.47. The van der Waals surface area contributed by atoms with E-state index in [9.17, 15) is 4.79 Å². The number of benzene rings is 1. The lowest BCUT2D eigenvalue weighted by Crippen LogP contribution is -2.24. The molecule has 0 aliphatic carbocycles. The highest BCUT2D eigenvalue weighted by molar-refractivity contribution is 6.44. The second-order valence-corrected chi connectivity index (χ2v) is 4.98. The molecule has 0 aliphatic rings. The summed E-state index contributed by atoms with van der Waals surface area (Å²) in [7, 11) is 0. The highest BCUT2D eigenvalue weighted by Gasteiger charge is 2.14. The number of nitrogen functional groups attached to an aromatic ring is 1. The molecule has 5 nitrogen and oxygen atoms in total. The second kappa shape index (κ2) is 6.07. The summed E-state index contributed by atoms with van der Waals surface area (Å²) in [6, 6.07) is 2.97. The van der Waals surface area contributed by atoms with Crippen LogP contribution in [0.1, 0.15) is 21.7 Å². The first-order valence-corrected chi connectivity index (χ1v) is 6.53. The van der Waals surface area contributed by atoms with Crippen molar-refractivity contribution in [1.82, 2.24) is 15.3 Å². The Labute approximate surface area is 126 Å². The average Bonchev–Trinajstić information content (AvgIpc) is 2.42. The van der Waals surface area contributed by atoms with Crippen LogP contribution in [0.25, 0.3) is 0 Å². The number of hydrogen-bond acceptors (Lipinski definition) is 4. The van der Waals surface area contributed by atoms with Crippen LogP contribution in [0.4, 0.5) is 5.69 Å². The van der Waals surface area contributed by atoms with Crippen molar-refractivity contribution in [3.63, 3.8) is 0 Å².